The number of urea groups is 1. The van der Waals surface area contributed by atoms with Crippen LogP contribution in [0.5, 0.6) is 0 Å². The Morgan fingerprint density at radius 2 is 2.17 bits per heavy atom. The number of rotatable bonds is 2. The lowest BCUT2D eigenvalue weighted by molar-refractivity contribution is -0.143. The van der Waals surface area contributed by atoms with Gasteiger partial charge in [-0.2, -0.15) is 0 Å². The number of aliphatic carboxylic acids is 1. The van der Waals surface area contributed by atoms with E-state index in [9.17, 15) is 9.59 Å². The van der Waals surface area contributed by atoms with Crippen LogP contribution in [0.25, 0.3) is 0 Å². The number of fused-ring (bicyclic) bond motifs is 1. The predicted molar refractivity (Wildman–Crippen MR) is 60.7 cm³/mol. The molecule has 1 aliphatic rings. The second-order valence-electron chi connectivity index (χ2n) is 4.72. The van der Waals surface area contributed by atoms with Gasteiger partial charge in [-0.3, -0.25) is 0 Å². The van der Waals surface area contributed by atoms with Gasteiger partial charge < -0.3 is 19.9 Å². The molecule has 1 aromatic rings. The van der Waals surface area contributed by atoms with Crippen LogP contribution in [0.4, 0.5) is 4.79 Å². The number of aromatic nitrogens is 3. The fraction of sp³-hybridized carbons (Fsp3) is 0.600. The average molecular weight is 253 g/mol. The number of carboxylic acid groups (broad SMARTS) is 1. The first-order valence-electron chi connectivity index (χ1n) is 5.57. The molecule has 0 saturated carbocycles. The number of amides is 2. The number of carbonyl (C=O) groups excluding carboxylic acids is 1. The van der Waals surface area contributed by atoms with E-state index in [0.717, 1.165) is 0 Å². The molecule has 2 rings (SSSR count). The third-order valence-corrected chi connectivity index (χ3v) is 2.88. The molecule has 2 amide bonds. The Balaban J connectivity index is 2.02. The summed E-state index contributed by atoms with van der Waals surface area (Å²) in [6.45, 7) is 4.34. The van der Waals surface area contributed by atoms with Gasteiger partial charge in [-0.15, -0.1) is 10.2 Å². The number of hydrogen-bond acceptors (Lipinski definition) is 4. The van der Waals surface area contributed by atoms with Gasteiger partial charge in [0.25, 0.3) is 0 Å². The SMILES string of the molecule is CC(C)(NC(=O)N1CCn2cnnc2C1)C(=O)O. The Labute approximate surface area is 104 Å². The maximum Gasteiger partial charge on any atom is 0.328 e. The van der Waals surface area contributed by atoms with E-state index in [1.165, 1.54) is 18.7 Å². The minimum absolute atomic E-state index is 0.335. The van der Waals surface area contributed by atoms with Crippen molar-refractivity contribution in [3.8, 4) is 0 Å². The highest BCUT2D eigenvalue weighted by Crippen LogP contribution is 2.11. The molecular formula is C10H15N5O3. The lowest BCUT2D eigenvalue weighted by Crippen LogP contribution is -2.55. The molecule has 0 atom stereocenters. The van der Waals surface area contributed by atoms with Crippen LogP contribution in [0.1, 0.15) is 19.7 Å². The maximum atomic E-state index is 11.9. The summed E-state index contributed by atoms with van der Waals surface area (Å²) >= 11 is 0. The topological polar surface area (TPSA) is 100 Å². The van der Waals surface area contributed by atoms with E-state index < -0.39 is 17.5 Å². The number of nitrogens with one attached hydrogen (secondary N) is 1. The molecule has 2 heterocycles. The predicted octanol–water partition coefficient (Wildman–Crippen LogP) is -0.334. The molecule has 0 aliphatic carbocycles. The Morgan fingerprint density at radius 3 is 2.83 bits per heavy atom. The first-order valence-corrected chi connectivity index (χ1v) is 5.57. The van der Waals surface area contributed by atoms with Crippen molar-refractivity contribution in [2.45, 2.75) is 32.5 Å². The van der Waals surface area contributed by atoms with E-state index in [2.05, 4.69) is 15.5 Å². The maximum absolute atomic E-state index is 11.9. The van der Waals surface area contributed by atoms with E-state index in [0.29, 0.717) is 25.5 Å². The van der Waals surface area contributed by atoms with Gasteiger partial charge in [0.05, 0.1) is 6.54 Å². The average Bonchev–Trinajstić information content (AvgIpc) is 2.74. The minimum Gasteiger partial charge on any atom is -0.480 e. The van der Waals surface area contributed by atoms with Crippen LogP contribution >= 0.6 is 0 Å². The molecule has 0 fully saturated rings. The Kier molecular flexibility index (Phi) is 2.93. The summed E-state index contributed by atoms with van der Waals surface area (Å²) in [5.41, 5.74) is -1.29. The van der Waals surface area contributed by atoms with Crippen molar-refractivity contribution in [2.24, 2.45) is 0 Å². The molecule has 0 saturated heterocycles. The molecule has 8 heteroatoms. The van der Waals surface area contributed by atoms with Gasteiger partial charge in [-0.1, -0.05) is 0 Å². The van der Waals surface area contributed by atoms with Crippen molar-refractivity contribution in [1.29, 1.82) is 0 Å². The molecule has 0 aromatic carbocycles. The quantitative estimate of drug-likeness (QED) is 0.751. The zero-order valence-electron chi connectivity index (χ0n) is 10.3. The molecule has 0 bridgehead atoms. The van der Waals surface area contributed by atoms with Gasteiger partial charge in [0.2, 0.25) is 0 Å². The summed E-state index contributed by atoms with van der Waals surface area (Å²) < 4.78 is 1.87. The van der Waals surface area contributed by atoms with Crippen molar-refractivity contribution in [3.63, 3.8) is 0 Å². The van der Waals surface area contributed by atoms with Gasteiger partial charge in [0.15, 0.2) is 5.82 Å². The summed E-state index contributed by atoms with van der Waals surface area (Å²) in [7, 11) is 0. The standard InChI is InChI=1S/C10H15N5O3/c1-10(2,8(16)17)12-9(18)14-3-4-15-6-11-13-7(15)5-14/h6H,3-5H2,1-2H3,(H,12,18)(H,16,17). The molecule has 1 aliphatic heterocycles. The lowest BCUT2D eigenvalue weighted by Gasteiger charge is -2.30. The van der Waals surface area contributed by atoms with E-state index >= 15 is 0 Å². The number of hydrogen-bond donors (Lipinski definition) is 2. The smallest absolute Gasteiger partial charge is 0.328 e. The summed E-state index contributed by atoms with van der Waals surface area (Å²) in [5, 5.41) is 19.1. The second kappa shape index (κ2) is 4.28. The molecule has 0 radical (unpaired) electrons. The summed E-state index contributed by atoms with van der Waals surface area (Å²) in [6.07, 6.45) is 1.62. The molecule has 1 aromatic heterocycles. The van der Waals surface area contributed by atoms with Crippen molar-refractivity contribution in [2.75, 3.05) is 6.54 Å². The highest BCUT2D eigenvalue weighted by molar-refractivity contribution is 5.85. The lowest BCUT2D eigenvalue weighted by atomic mass is 10.1. The van der Waals surface area contributed by atoms with Crippen LogP contribution in [0.15, 0.2) is 6.33 Å². The molecule has 18 heavy (non-hydrogen) atoms. The second-order valence-corrected chi connectivity index (χ2v) is 4.72. The molecule has 0 spiro atoms. The van der Waals surface area contributed by atoms with Gasteiger partial charge in [-0.05, 0) is 13.8 Å². The highest BCUT2D eigenvalue weighted by Gasteiger charge is 2.32. The first kappa shape index (κ1) is 12.3. The van der Waals surface area contributed by atoms with E-state index in [1.54, 1.807) is 6.33 Å². The third kappa shape index (κ3) is 2.27. The highest BCUT2D eigenvalue weighted by atomic mass is 16.4. The van der Waals surface area contributed by atoms with Crippen LogP contribution in [0, 0.1) is 0 Å². The summed E-state index contributed by atoms with van der Waals surface area (Å²) in [4.78, 5) is 24.4. The number of carboxylic acids is 1. The molecule has 0 unspecified atom stereocenters. The fourth-order valence-electron chi connectivity index (χ4n) is 1.64. The summed E-state index contributed by atoms with van der Waals surface area (Å²) in [6, 6.07) is -0.406. The first-order chi connectivity index (χ1) is 8.40. The Hall–Kier alpha value is -2.12. The molecule has 8 nitrogen and oxygen atoms in total. The van der Waals surface area contributed by atoms with Crippen molar-refractivity contribution in [3.05, 3.63) is 12.2 Å². The van der Waals surface area contributed by atoms with E-state index in [1.807, 2.05) is 4.57 Å². The van der Waals surface area contributed by atoms with Gasteiger partial charge in [0, 0.05) is 13.1 Å². The number of carbonyl (C=O) groups is 2. The zero-order valence-corrected chi connectivity index (χ0v) is 10.3. The van der Waals surface area contributed by atoms with Gasteiger partial charge in [0.1, 0.15) is 11.9 Å². The number of nitrogens with zero attached hydrogens (tertiary/aromatic N) is 4. The van der Waals surface area contributed by atoms with Crippen molar-refractivity contribution < 1.29 is 14.7 Å². The van der Waals surface area contributed by atoms with E-state index in [4.69, 9.17) is 5.11 Å². The molecular weight excluding hydrogens is 238 g/mol. The monoisotopic (exact) mass is 253 g/mol. The molecule has 2 N–H and O–H groups in total. The fourth-order valence-corrected chi connectivity index (χ4v) is 1.64. The van der Waals surface area contributed by atoms with Crippen LogP contribution in [-0.2, 0) is 17.9 Å². The Morgan fingerprint density at radius 1 is 1.44 bits per heavy atom. The molecule has 98 valence electrons. The van der Waals surface area contributed by atoms with Crippen LogP contribution < -0.4 is 5.32 Å². The normalized spacial score (nSPS) is 15.1. The van der Waals surface area contributed by atoms with Gasteiger partial charge >= 0.3 is 12.0 Å². The van der Waals surface area contributed by atoms with Crippen LogP contribution in [0.3, 0.4) is 0 Å². The van der Waals surface area contributed by atoms with Crippen LogP contribution in [0.2, 0.25) is 0 Å². The summed E-state index contributed by atoms with van der Waals surface area (Å²) in [5.74, 6) is -0.374. The van der Waals surface area contributed by atoms with Crippen LogP contribution in [-0.4, -0.2) is 48.9 Å². The van der Waals surface area contributed by atoms with E-state index in [-0.39, 0.29) is 0 Å². The minimum atomic E-state index is -1.29. The van der Waals surface area contributed by atoms with Gasteiger partial charge in [-0.25, -0.2) is 9.59 Å². The zero-order chi connectivity index (χ0) is 13.3. The largest absolute Gasteiger partial charge is 0.480 e. The Bertz CT molecular complexity index is 482. The van der Waals surface area contributed by atoms with Crippen molar-refractivity contribution in [1.82, 2.24) is 25.0 Å². The third-order valence-electron chi connectivity index (χ3n) is 2.88. The van der Waals surface area contributed by atoms with Crippen molar-refractivity contribution >= 4 is 12.0 Å².